The van der Waals surface area contributed by atoms with Crippen LogP contribution in [0.3, 0.4) is 0 Å². The smallest absolute Gasteiger partial charge is 0.317 e. The Morgan fingerprint density at radius 3 is 2.75 bits per heavy atom. The molecule has 1 aliphatic rings. The maximum absolute atomic E-state index is 11.1. The van der Waals surface area contributed by atoms with E-state index in [1.807, 2.05) is 0 Å². The van der Waals surface area contributed by atoms with Crippen LogP contribution in [-0.4, -0.2) is 55.5 Å². The molecule has 0 bridgehead atoms. The first-order valence-corrected chi connectivity index (χ1v) is 5.13. The molecule has 0 saturated carbocycles. The summed E-state index contributed by atoms with van der Waals surface area (Å²) < 4.78 is 0. The zero-order chi connectivity index (χ0) is 12.0. The van der Waals surface area contributed by atoms with E-state index in [4.69, 9.17) is 0 Å². The van der Waals surface area contributed by atoms with Gasteiger partial charge in [-0.1, -0.05) is 0 Å². The van der Waals surface area contributed by atoms with Gasteiger partial charge in [0, 0.05) is 26.2 Å². The maximum atomic E-state index is 11.1. The summed E-state index contributed by atoms with van der Waals surface area (Å²) in [6, 6.07) is -0.499. The molecule has 1 heterocycles. The molecule has 7 nitrogen and oxygen atoms in total. The number of Topliss-reactive ketones (excluding diaryl/α,β-unsaturated/α-hetero) is 1. The van der Waals surface area contributed by atoms with E-state index in [0.717, 1.165) is 0 Å². The highest BCUT2D eigenvalue weighted by atomic mass is 16.2. The van der Waals surface area contributed by atoms with Crippen molar-refractivity contribution in [2.45, 2.75) is 6.92 Å². The quantitative estimate of drug-likeness (QED) is 0.558. The average Bonchev–Trinajstić information content (AvgIpc) is 2.61. The van der Waals surface area contributed by atoms with Crippen molar-refractivity contribution in [1.29, 1.82) is 0 Å². The summed E-state index contributed by atoms with van der Waals surface area (Å²) in [4.78, 5) is 34.4. The van der Waals surface area contributed by atoms with E-state index in [1.54, 1.807) is 4.90 Å². The Balaban J connectivity index is 2.08. The summed E-state index contributed by atoms with van der Waals surface area (Å²) in [5.74, 6) is -0.103. The molecule has 0 spiro atoms. The van der Waals surface area contributed by atoms with Crippen LogP contribution in [0.2, 0.25) is 0 Å². The zero-order valence-corrected chi connectivity index (χ0v) is 9.21. The zero-order valence-electron chi connectivity index (χ0n) is 9.21. The van der Waals surface area contributed by atoms with Crippen molar-refractivity contribution in [3.8, 4) is 0 Å². The minimum atomic E-state index is -0.394. The van der Waals surface area contributed by atoms with Crippen LogP contribution < -0.4 is 16.0 Å². The van der Waals surface area contributed by atoms with E-state index in [0.29, 0.717) is 26.2 Å². The largest absolute Gasteiger partial charge is 0.336 e. The van der Waals surface area contributed by atoms with Gasteiger partial charge in [0.25, 0.3) is 0 Å². The third-order valence-electron chi connectivity index (χ3n) is 2.11. The molecule has 7 heteroatoms. The third kappa shape index (κ3) is 4.16. The Bertz CT molecular complexity index is 292. The number of urea groups is 2. The average molecular weight is 228 g/mol. The van der Waals surface area contributed by atoms with Crippen LogP contribution >= 0.6 is 0 Å². The van der Waals surface area contributed by atoms with Crippen molar-refractivity contribution in [3.63, 3.8) is 0 Å². The Morgan fingerprint density at radius 1 is 1.44 bits per heavy atom. The Labute approximate surface area is 93.5 Å². The second-order valence-electron chi connectivity index (χ2n) is 3.53. The standard InChI is InChI=1S/C9H16N4O3/c1-7(14)6-12-8(15)10-2-4-13-5-3-11-9(13)16/h2-6H2,1H3,(H,11,16)(H2,10,12,15). The predicted octanol–water partition coefficient (Wildman–Crippen LogP) is -1.10. The van der Waals surface area contributed by atoms with E-state index in [2.05, 4.69) is 16.0 Å². The SMILES string of the molecule is CC(=O)CNC(=O)NCCN1CCNC1=O. The molecule has 16 heavy (non-hydrogen) atoms. The van der Waals surface area contributed by atoms with Gasteiger partial charge >= 0.3 is 12.1 Å². The van der Waals surface area contributed by atoms with Gasteiger partial charge in [-0.25, -0.2) is 9.59 Å². The minimum absolute atomic E-state index is 0.0238. The van der Waals surface area contributed by atoms with Gasteiger partial charge < -0.3 is 20.9 Å². The number of hydrogen-bond donors (Lipinski definition) is 3. The second-order valence-corrected chi connectivity index (χ2v) is 3.53. The van der Waals surface area contributed by atoms with Crippen LogP contribution in [0.4, 0.5) is 9.59 Å². The number of carbonyl (C=O) groups is 3. The molecule has 0 atom stereocenters. The van der Waals surface area contributed by atoms with Crippen molar-refractivity contribution in [1.82, 2.24) is 20.9 Å². The van der Waals surface area contributed by atoms with E-state index in [-0.39, 0.29) is 18.4 Å². The summed E-state index contributed by atoms with van der Waals surface area (Å²) in [7, 11) is 0. The van der Waals surface area contributed by atoms with Crippen LogP contribution in [0, 0.1) is 0 Å². The van der Waals surface area contributed by atoms with Crippen molar-refractivity contribution >= 4 is 17.8 Å². The summed E-state index contributed by atoms with van der Waals surface area (Å²) >= 11 is 0. The molecule has 1 fully saturated rings. The maximum Gasteiger partial charge on any atom is 0.317 e. The minimum Gasteiger partial charge on any atom is -0.336 e. The number of carbonyl (C=O) groups excluding carboxylic acids is 3. The Hall–Kier alpha value is -1.79. The lowest BCUT2D eigenvalue weighted by Crippen LogP contribution is -2.42. The number of ketones is 1. The first-order chi connectivity index (χ1) is 7.59. The van der Waals surface area contributed by atoms with Crippen LogP contribution in [-0.2, 0) is 4.79 Å². The predicted molar refractivity (Wildman–Crippen MR) is 57.1 cm³/mol. The molecule has 1 aliphatic heterocycles. The third-order valence-corrected chi connectivity index (χ3v) is 2.11. The molecule has 1 rings (SSSR count). The topological polar surface area (TPSA) is 90.5 Å². The fourth-order valence-electron chi connectivity index (χ4n) is 1.30. The van der Waals surface area contributed by atoms with E-state index < -0.39 is 6.03 Å². The fraction of sp³-hybridized carbons (Fsp3) is 0.667. The highest BCUT2D eigenvalue weighted by molar-refractivity contribution is 5.83. The van der Waals surface area contributed by atoms with Gasteiger partial charge in [0.1, 0.15) is 5.78 Å². The summed E-state index contributed by atoms with van der Waals surface area (Å²) in [5, 5.41) is 7.62. The molecule has 90 valence electrons. The first-order valence-electron chi connectivity index (χ1n) is 5.13. The van der Waals surface area contributed by atoms with Gasteiger partial charge in [-0.2, -0.15) is 0 Å². The van der Waals surface area contributed by atoms with Gasteiger partial charge in [0.05, 0.1) is 6.54 Å². The lowest BCUT2D eigenvalue weighted by Gasteiger charge is -2.14. The molecule has 4 amide bonds. The molecule has 3 N–H and O–H groups in total. The van der Waals surface area contributed by atoms with Crippen molar-refractivity contribution < 1.29 is 14.4 Å². The number of rotatable bonds is 5. The van der Waals surface area contributed by atoms with Crippen molar-refractivity contribution in [2.75, 3.05) is 32.7 Å². The van der Waals surface area contributed by atoms with Crippen LogP contribution in [0.15, 0.2) is 0 Å². The monoisotopic (exact) mass is 228 g/mol. The second kappa shape index (κ2) is 5.94. The number of nitrogens with one attached hydrogen (secondary N) is 3. The highest BCUT2D eigenvalue weighted by Crippen LogP contribution is 1.94. The fourth-order valence-corrected chi connectivity index (χ4v) is 1.30. The van der Waals surface area contributed by atoms with Gasteiger partial charge in [0.2, 0.25) is 0 Å². The Kier molecular flexibility index (Phi) is 4.56. The number of nitrogens with zero attached hydrogens (tertiary/aromatic N) is 1. The molecule has 0 aromatic carbocycles. The van der Waals surface area contributed by atoms with E-state index in [1.165, 1.54) is 6.92 Å². The van der Waals surface area contributed by atoms with E-state index in [9.17, 15) is 14.4 Å². The first kappa shape index (κ1) is 12.3. The van der Waals surface area contributed by atoms with Gasteiger partial charge in [0.15, 0.2) is 0 Å². The van der Waals surface area contributed by atoms with Gasteiger partial charge in [-0.05, 0) is 6.92 Å². The van der Waals surface area contributed by atoms with Gasteiger partial charge in [-0.15, -0.1) is 0 Å². The van der Waals surface area contributed by atoms with Crippen molar-refractivity contribution in [3.05, 3.63) is 0 Å². The molecule has 0 aliphatic carbocycles. The highest BCUT2D eigenvalue weighted by Gasteiger charge is 2.18. The molecule has 0 aromatic rings. The van der Waals surface area contributed by atoms with Crippen molar-refractivity contribution in [2.24, 2.45) is 0 Å². The van der Waals surface area contributed by atoms with Crippen LogP contribution in [0.25, 0.3) is 0 Å². The molecule has 1 saturated heterocycles. The summed E-state index contributed by atoms with van der Waals surface area (Å²) in [5.41, 5.74) is 0. The van der Waals surface area contributed by atoms with Crippen LogP contribution in [0.1, 0.15) is 6.92 Å². The molecule has 0 unspecified atom stereocenters. The van der Waals surface area contributed by atoms with Gasteiger partial charge in [-0.3, -0.25) is 4.79 Å². The molecule has 0 radical (unpaired) electrons. The van der Waals surface area contributed by atoms with E-state index >= 15 is 0 Å². The molecular formula is C9H16N4O3. The normalized spacial score (nSPS) is 14.6. The lowest BCUT2D eigenvalue weighted by molar-refractivity contribution is -0.116. The lowest BCUT2D eigenvalue weighted by atomic mass is 10.4. The summed E-state index contributed by atoms with van der Waals surface area (Å²) in [6.07, 6.45) is 0. The number of amides is 4. The molecular weight excluding hydrogens is 212 g/mol. The Morgan fingerprint density at radius 2 is 2.19 bits per heavy atom. The molecule has 0 aromatic heterocycles. The summed E-state index contributed by atoms with van der Waals surface area (Å²) in [6.45, 7) is 3.58. The van der Waals surface area contributed by atoms with Crippen LogP contribution in [0.5, 0.6) is 0 Å². The number of hydrogen-bond acceptors (Lipinski definition) is 3.